The van der Waals surface area contributed by atoms with E-state index in [4.69, 9.17) is 0 Å². The Hall–Kier alpha value is -2.19. The van der Waals surface area contributed by atoms with Gasteiger partial charge in [-0.2, -0.15) is 0 Å². The molecule has 1 heterocycles. The summed E-state index contributed by atoms with van der Waals surface area (Å²) in [6.07, 6.45) is 1.92. The van der Waals surface area contributed by atoms with Gasteiger partial charge in [0.1, 0.15) is 0 Å². The van der Waals surface area contributed by atoms with Crippen LogP contribution in [0.15, 0.2) is 66.9 Å². The molecular formula is C21H23NSi. The fraction of sp³-hybridized carbons (Fsp3) is 0.190. The van der Waals surface area contributed by atoms with Crippen LogP contribution in [0.3, 0.4) is 0 Å². The number of pyridine rings is 1. The minimum Gasteiger partial charge on any atom is -0.256 e. The second kappa shape index (κ2) is 6.13. The third-order valence-corrected chi connectivity index (χ3v) is 6.22. The Morgan fingerprint density at radius 2 is 1.43 bits per heavy atom. The van der Waals surface area contributed by atoms with E-state index in [0.29, 0.717) is 0 Å². The Morgan fingerprint density at radius 1 is 0.739 bits per heavy atom. The van der Waals surface area contributed by atoms with Crippen LogP contribution in [0.1, 0.15) is 5.56 Å². The first kappa shape index (κ1) is 15.7. The van der Waals surface area contributed by atoms with Crippen molar-refractivity contribution in [1.82, 2.24) is 4.98 Å². The molecule has 0 bridgehead atoms. The number of hydrogen-bond donors (Lipinski definition) is 0. The monoisotopic (exact) mass is 317 g/mol. The molecule has 1 nitrogen and oxygen atoms in total. The van der Waals surface area contributed by atoms with Gasteiger partial charge in [0.15, 0.2) is 0 Å². The molecule has 0 aliphatic heterocycles. The van der Waals surface area contributed by atoms with Crippen molar-refractivity contribution in [3.8, 4) is 22.4 Å². The van der Waals surface area contributed by atoms with Crippen LogP contribution in [0.25, 0.3) is 22.4 Å². The van der Waals surface area contributed by atoms with Crippen molar-refractivity contribution in [2.75, 3.05) is 0 Å². The quantitative estimate of drug-likeness (QED) is 0.600. The maximum atomic E-state index is 4.54. The van der Waals surface area contributed by atoms with Crippen LogP contribution in [0.4, 0.5) is 0 Å². The molecule has 0 amide bonds. The van der Waals surface area contributed by atoms with Crippen molar-refractivity contribution in [2.45, 2.75) is 26.6 Å². The Bertz CT molecular complexity index is 796. The molecule has 0 radical (unpaired) electrons. The van der Waals surface area contributed by atoms with Gasteiger partial charge in [0.25, 0.3) is 0 Å². The van der Waals surface area contributed by atoms with Crippen molar-refractivity contribution >= 4 is 13.3 Å². The minimum atomic E-state index is -1.24. The Balaban J connectivity index is 1.95. The zero-order valence-electron chi connectivity index (χ0n) is 14.3. The lowest BCUT2D eigenvalue weighted by molar-refractivity contribution is 1.27. The van der Waals surface area contributed by atoms with Crippen LogP contribution in [0, 0.1) is 6.92 Å². The highest BCUT2D eigenvalue weighted by atomic mass is 28.3. The lowest BCUT2D eigenvalue weighted by Gasteiger charge is -2.17. The van der Waals surface area contributed by atoms with Crippen LogP contribution >= 0.6 is 0 Å². The molecule has 0 aliphatic rings. The lowest BCUT2D eigenvalue weighted by atomic mass is 10.0. The summed E-state index contributed by atoms with van der Waals surface area (Å²) in [7, 11) is -1.24. The number of rotatable bonds is 3. The highest BCUT2D eigenvalue weighted by Crippen LogP contribution is 2.25. The number of hydrogen-bond acceptors (Lipinski definition) is 1. The van der Waals surface area contributed by atoms with Crippen molar-refractivity contribution in [3.63, 3.8) is 0 Å². The van der Waals surface area contributed by atoms with Crippen LogP contribution < -0.4 is 5.19 Å². The van der Waals surface area contributed by atoms with Gasteiger partial charge in [-0.3, -0.25) is 4.98 Å². The number of aryl methyl sites for hydroxylation is 1. The van der Waals surface area contributed by atoms with E-state index in [1.54, 1.807) is 0 Å². The van der Waals surface area contributed by atoms with Gasteiger partial charge in [0.05, 0.1) is 13.8 Å². The Morgan fingerprint density at radius 3 is 2.04 bits per heavy atom. The topological polar surface area (TPSA) is 12.9 Å². The predicted octanol–water partition coefficient (Wildman–Crippen LogP) is 5.27. The van der Waals surface area contributed by atoms with Crippen molar-refractivity contribution in [2.24, 2.45) is 0 Å². The number of benzene rings is 2. The molecule has 0 spiro atoms. The number of aromatic nitrogens is 1. The first-order chi connectivity index (χ1) is 10.9. The first-order valence-corrected chi connectivity index (χ1v) is 11.6. The molecule has 0 aliphatic carbocycles. The maximum absolute atomic E-state index is 4.54. The summed E-state index contributed by atoms with van der Waals surface area (Å²) in [5.41, 5.74) is 5.88. The molecule has 0 fully saturated rings. The van der Waals surface area contributed by atoms with Crippen LogP contribution in [-0.2, 0) is 0 Å². The number of nitrogens with zero attached hydrogens (tertiary/aromatic N) is 1. The van der Waals surface area contributed by atoms with Crippen molar-refractivity contribution in [3.05, 3.63) is 72.4 Å². The molecule has 0 unspecified atom stereocenters. The normalized spacial score (nSPS) is 11.5. The van der Waals surface area contributed by atoms with E-state index in [9.17, 15) is 0 Å². The van der Waals surface area contributed by atoms with E-state index < -0.39 is 8.07 Å². The van der Waals surface area contributed by atoms with Gasteiger partial charge in [-0.05, 0) is 35.7 Å². The molecule has 0 saturated heterocycles. The van der Waals surface area contributed by atoms with E-state index in [1.807, 2.05) is 6.20 Å². The average molecular weight is 318 g/mol. The van der Waals surface area contributed by atoms with Gasteiger partial charge in [-0.15, -0.1) is 0 Å². The average Bonchev–Trinajstić information content (AvgIpc) is 2.55. The third-order valence-electron chi connectivity index (χ3n) is 4.15. The van der Waals surface area contributed by atoms with Gasteiger partial charge < -0.3 is 0 Å². The largest absolute Gasteiger partial charge is 0.256 e. The maximum Gasteiger partial charge on any atom is 0.0775 e. The molecule has 3 aromatic rings. The molecule has 23 heavy (non-hydrogen) atoms. The molecule has 2 heteroatoms. The zero-order valence-corrected chi connectivity index (χ0v) is 15.3. The molecule has 0 N–H and O–H groups in total. The SMILES string of the molecule is Cc1ccc(-c2cccc(-c3ccc([Si](C)(C)C)cc3)c2)nc1. The molecule has 3 rings (SSSR count). The van der Waals surface area contributed by atoms with E-state index in [-0.39, 0.29) is 0 Å². The highest BCUT2D eigenvalue weighted by Gasteiger charge is 2.15. The van der Waals surface area contributed by atoms with Gasteiger partial charge in [0.2, 0.25) is 0 Å². The molecule has 116 valence electrons. The smallest absolute Gasteiger partial charge is 0.0775 e. The van der Waals surface area contributed by atoms with E-state index in [2.05, 4.69) is 92.2 Å². The van der Waals surface area contributed by atoms with Crippen molar-refractivity contribution < 1.29 is 0 Å². The van der Waals surface area contributed by atoms with Crippen LogP contribution in [-0.4, -0.2) is 13.1 Å². The molecule has 2 aromatic carbocycles. The second-order valence-electron chi connectivity index (χ2n) is 7.13. The third kappa shape index (κ3) is 3.59. The lowest BCUT2D eigenvalue weighted by Crippen LogP contribution is -2.37. The predicted molar refractivity (Wildman–Crippen MR) is 103 cm³/mol. The van der Waals surface area contributed by atoms with Gasteiger partial charge in [-0.25, -0.2) is 0 Å². The van der Waals surface area contributed by atoms with E-state index in [1.165, 1.54) is 21.9 Å². The van der Waals surface area contributed by atoms with E-state index in [0.717, 1.165) is 11.3 Å². The van der Waals surface area contributed by atoms with Gasteiger partial charge in [0, 0.05) is 11.8 Å². The summed E-state index contributed by atoms with van der Waals surface area (Å²) in [6.45, 7) is 9.20. The highest BCUT2D eigenvalue weighted by molar-refractivity contribution is 6.88. The molecule has 0 saturated carbocycles. The van der Waals surface area contributed by atoms with Gasteiger partial charge in [-0.1, -0.05) is 73.4 Å². The molecule has 0 atom stereocenters. The summed E-state index contributed by atoms with van der Waals surface area (Å²) in [4.78, 5) is 4.54. The molecular weight excluding hydrogens is 294 g/mol. The summed E-state index contributed by atoms with van der Waals surface area (Å²) in [5, 5.41) is 1.50. The van der Waals surface area contributed by atoms with E-state index >= 15 is 0 Å². The summed E-state index contributed by atoms with van der Waals surface area (Å²) < 4.78 is 0. The summed E-state index contributed by atoms with van der Waals surface area (Å²) >= 11 is 0. The first-order valence-electron chi connectivity index (χ1n) is 8.07. The Kier molecular flexibility index (Phi) is 4.18. The minimum absolute atomic E-state index is 1.02. The van der Waals surface area contributed by atoms with Gasteiger partial charge >= 0.3 is 0 Å². The van der Waals surface area contributed by atoms with Crippen LogP contribution in [0.5, 0.6) is 0 Å². The summed E-state index contributed by atoms with van der Waals surface area (Å²) in [5.74, 6) is 0. The Labute approximate surface area is 140 Å². The van der Waals surface area contributed by atoms with Crippen LogP contribution in [0.2, 0.25) is 19.6 Å². The fourth-order valence-corrected chi connectivity index (χ4v) is 3.83. The van der Waals surface area contributed by atoms with Crippen molar-refractivity contribution in [1.29, 1.82) is 0 Å². The zero-order chi connectivity index (χ0) is 16.4. The fourth-order valence-electron chi connectivity index (χ4n) is 2.66. The standard InChI is InChI=1S/C21H23NSi/c1-16-8-13-21(22-15-16)19-7-5-6-18(14-19)17-9-11-20(12-10-17)23(2,3)4/h5-15H,1-4H3. The second-order valence-corrected chi connectivity index (χ2v) is 12.2. The summed E-state index contributed by atoms with van der Waals surface area (Å²) in [6, 6.07) is 21.9. The molecule has 1 aromatic heterocycles.